The molecule has 2 aromatic rings. The Labute approximate surface area is 115 Å². The fraction of sp³-hybridized carbons (Fsp3) is 0.429. The normalized spacial score (nSPS) is 19.2. The van der Waals surface area contributed by atoms with E-state index < -0.39 is 0 Å². The molecular formula is C14H17BrN2O. The molecule has 1 aromatic heterocycles. The molecule has 3 rings (SSSR count). The predicted molar refractivity (Wildman–Crippen MR) is 76.6 cm³/mol. The van der Waals surface area contributed by atoms with E-state index in [9.17, 15) is 5.11 Å². The summed E-state index contributed by atoms with van der Waals surface area (Å²) < 4.78 is 1.05. The van der Waals surface area contributed by atoms with Gasteiger partial charge in [-0.2, -0.15) is 0 Å². The maximum atomic E-state index is 10.6. The molecule has 0 radical (unpaired) electrons. The van der Waals surface area contributed by atoms with E-state index in [4.69, 9.17) is 0 Å². The number of hydrogen-bond donors (Lipinski definition) is 3. The van der Waals surface area contributed by atoms with Crippen LogP contribution >= 0.6 is 15.9 Å². The van der Waals surface area contributed by atoms with Crippen molar-refractivity contribution in [3.05, 3.63) is 34.4 Å². The Hall–Kier alpha value is -0.840. The van der Waals surface area contributed by atoms with E-state index in [0.717, 1.165) is 46.9 Å². The average Bonchev–Trinajstić information content (AvgIpc) is 2.82. The lowest BCUT2D eigenvalue weighted by molar-refractivity contribution is 0.0902. The van der Waals surface area contributed by atoms with Gasteiger partial charge in [0.2, 0.25) is 0 Å². The van der Waals surface area contributed by atoms with Crippen LogP contribution in [0.25, 0.3) is 10.9 Å². The number of nitrogens with one attached hydrogen (secondary N) is 2. The molecule has 3 N–H and O–H groups in total. The number of aliphatic hydroxyl groups excluding tert-OH is 1. The second-order valence-electron chi connectivity index (χ2n) is 4.97. The summed E-state index contributed by atoms with van der Waals surface area (Å²) in [6.07, 6.45) is 3.67. The number of halogens is 1. The Kier molecular flexibility index (Phi) is 3.41. The van der Waals surface area contributed by atoms with Crippen molar-refractivity contribution in [2.24, 2.45) is 5.92 Å². The van der Waals surface area contributed by atoms with E-state index in [0.29, 0.717) is 5.92 Å². The molecule has 1 aromatic carbocycles. The van der Waals surface area contributed by atoms with Gasteiger partial charge in [0, 0.05) is 27.1 Å². The maximum Gasteiger partial charge on any atom is 0.0839 e. The van der Waals surface area contributed by atoms with Crippen molar-refractivity contribution in [1.82, 2.24) is 10.3 Å². The first kappa shape index (κ1) is 12.2. The minimum Gasteiger partial charge on any atom is -0.388 e. The summed E-state index contributed by atoms with van der Waals surface area (Å²) in [6.45, 7) is 2.02. The highest BCUT2D eigenvalue weighted by atomic mass is 79.9. The van der Waals surface area contributed by atoms with Gasteiger partial charge < -0.3 is 15.4 Å². The summed E-state index contributed by atoms with van der Waals surface area (Å²) in [5.41, 5.74) is 2.11. The highest BCUT2D eigenvalue weighted by Gasteiger charge is 2.24. The number of piperidine rings is 1. The van der Waals surface area contributed by atoms with Gasteiger partial charge in [-0.15, -0.1) is 0 Å². The highest BCUT2D eigenvalue weighted by molar-refractivity contribution is 9.10. The molecule has 0 amide bonds. The number of hydrogen-bond acceptors (Lipinski definition) is 2. The van der Waals surface area contributed by atoms with Crippen molar-refractivity contribution >= 4 is 26.8 Å². The second-order valence-corrected chi connectivity index (χ2v) is 5.88. The topological polar surface area (TPSA) is 48.0 Å². The lowest BCUT2D eigenvalue weighted by Gasteiger charge is -2.27. The van der Waals surface area contributed by atoms with Crippen molar-refractivity contribution in [2.75, 3.05) is 13.1 Å². The minimum absolute atomic E-state index is 0.365. The molecule has 0 saturated carbocycles. The molecule has 2 heterocycles. The van der Waals surface area contributed by atoms with Crippen LogP contribution in [0.15, 0.2) is 28.9 Å². The van der Waals surface area contributed by atoms with Crippen LogP contribution in [0.5, 0.6) is 0 Å². The van der Waals surface area contributed by atoms with E-state index in [-0.39, 0.29) is 6.10 Å². The highest BCUT2D eigenvalue weighted by Crippen LogP contribution is 2.34. The molecule has 1 aliphatic rings. The van der Waals surface area contributed by atoms with Gasteiger partial charge in [-0.1, -0.05) is 15.9 Å². The van der Waals surface area contributed by atoms with Crippen molar-refractivity contribution in [3.8, 4) is 0 Å². The van der Waals surface area contributed by atoms with E-state index in [1.165, 1.54) is 0 Å². The van der Waals surface area contributed by atoms with E-state index >= 15 is 0 Å². The third-order valence-corrected chi connectivity index (χ3v) is 4.32. The van der Waals surface area contributed by atoms with Gasteiger partial charge >= 0.3 is 0 Å². The predicted octanol–water partition coefficient (Wildman–Crippen LogP) is 2.96. The minimum atomic E-state index is -0.366. The van der Waals surface area contributed by atoms with Crippen molar-refractivity contribution in [2.45, 2.75) is 18.9 Å². The Morgan fingerprint density at radius 3 is 2.83 bits per heavy atom. The Morgan fingerprint density at radius 2 is 2.06 bits per heavy atom. The van der Waals surface area contributed by atoms with Crippen LogP contribution in [0.1, 0.15) is 24.5 Å². The van der Waals surface area contributed by atoms with E-state index in [2.05, 4.69) is 32.3 Å². The first-order chi connectivity index (χ1) is 8.75. The van der Waals surface area contributed by atoms with Crippen molar-refractivity contribution in [1.29, 1.82) is 0 Å². The summed E-state index contributed by atoms with van der Waals surface area (Å²) in [4.78, 5) is 3.24. The van der Waals surface area contributed by atoms with Gasteiger partial charge in [0.25, 0.3) is 0 Å². The fourth-order valence-corrected chi connectivity index (χ4v) is 3.13. The summed E-state index contributed by atoms with van der Waals surface area (Å²) in [5, 5.41) is 15.0. The summed E-state index contributed by atoms with van der Waals surface area (Å²) in [6, 6.07) is 6.13. The zero-order valence-electron chi connectivity index (χ0n) is 10.1. The number of benzene rings is 1. The van der Waals surface area contributed by atoms with Crippen molar-refractivity contribution in [3.63, 3.8) is 0 Å². The largest absolute Gasteiger partial charge is 0.388 e. The Bertz CT molecular complexity index is 546. The van der Waals surface area contributed by atoms with Gasteiger partial charge in [-0.05, 0) is 50.0 Å². The van der Waals surface area contributed by atoms with E-state index in [1.807, 2.05) is 18.3 Å². The van der Waals surface area contributed by atoms with Crippen LogP contribution in [-0.2, 0) is 0 Å². The smallest absolute Gasteiger partial charge is 0.0839 e. The zero-order valence-corrected chi connectivity index (χ0v) is 11.7. The number of H-pyrrole nitrogens is 1. The lowest BCUT2D eigenvalue weighted by Crippen LogP contribution is -2.30. The number of rotatable bonds is 2. The van der Waals surface area contributed by atoms with Crippen LogP contribution < -0.4 is 5.32 Å². The van der Waals surface area contributed by atoms with Crippen LogP contribution in [0.2, 0.25) is 0 Å². The maximum absolute atomic E-state index is 10.6. The molecule has 96 valence electrons. The van der Waals surface area contributed by atoms with Crippen molar-refractivity contribution < 1.29 is 5.11 Å². The average molecular weight is 309 g/mol. The molecule has 1 saturated heterocycles. The fourth-order valence-electron chi connectivity index (χ4n) is 2.77. The standard InChI is InChI=1S/C14H17BrN2O/c15-10-1-2-13-11(7-10)12(8-17-13)14(18)9-3-5-16-6-4-9/h1-2,7-9,14,16-18H,3-6H2. The SMILES string of the molecule is OC(c1c[nH]c2ccc(Br)cc12)C1CCNCC1. The molecule has 3 nitrogen and oxygen atoms in total. The van der Waals surface area contributed by atoms with Gasteiger partial charge in [0.05, 0.1) is 6.10 Å². The van der Waals surface area contributed by atoms with Gasteiger partial charge in [0.15, 0.2) is 0 Å². The molecule has 1 atom stereocenters. The molecule has 4 heteroatoms. The molecular weight excluding hydrogens is 292 g/mol. The number of fused-ring (bicyclic) bond motifs is 1. The first-order valence-corrected chi connectivity index (χ1v) is 7.20. The Balaban J connectivity index is 1.95. The molecule has 0 bridgehead atoms. The number of aromatic amines is 1. The molecule has 0 spiro atoms. The van der Waals surface area contributed by atoms with Crippen LogP contribution in [0.3, 0.4) is 0 Å². The zero-order chi connectivity index (χ0) is 12.5. The second kappa shape index (κ2) is 5.03. The van der Waals surface area contributed by atoms with Gasteiger partial charge in [-0.25, -0.2) is 0 Å². The molecule has 0 aliphatic carbocycles. The molecule has 18 heavy (non-hydrogen) atoms. The first-order valence-electron chi connectivity index (χ1n) is 6.41. The van der Waals surface area contributed by atoms with Gasteiger partial charge in [0.1, 0.15) is 0 Å². The summed E-state index contributed by atoms with van der Waals surface area (Å²) in [7, 11) is 0. The third kappa shape index (κ3) is 2.20. The molecule has 1 aliphatic heterocycles. The number of aliphatic hydroxyl groups is 1. The molecule has 1 unspecified atom stereocenters. The lowest BCUT2D eigenvalue weighted by atomic mass is 9.88. The van der Waals surface area contributed by atoms with Crippen LogP contribution in [0, 0.1) is 5.92 Å². The molecule has 1 fully saturated rings. The Morgan fingerprint density at radius 1 is 1.28 bits per heavy atom. The number of aromatic nitrogens is 1. The summed E-state index contributed by atoms with van der Waals surface area (Å²) in [5.74, 6) is 0.365. The quantitative estimate of drug-likeness (QED) is 0.799. The van der Waals surface area contributed by atoms with E-state index in [1.54, 1.807) is 0 Å². The van der Waals surface area contributed by atoms with Gasteiger partial charge in [-0.3, -0.25) is 0 Å². The monoisotopic (exact) mass is 308 g/mol. The third-order valence-electron chi connectivity index (χ3n) is 3.82. The van der Waals surface area contributed by atoms with Crippen LogP contribution in [-0.4, -0.2) is 23.2 Å². The summed E-state index contributed by atoms with van der Waals surface area (Å²) >= 11 is 3.49. The van der Waals surface area contributed by atoms with Crippen LogP contribution in [0.4, 0.5) is 0 Å².